The number of amides is 1. The van der Waals surface area contributed by atoms with Gasteiger partial charge in [-0.2, -0.15) is 0 Å². The van der Waals surface area contributed by atoms with Gasteiger partial charge in [-0.15, -0.1) is 0 Å². The van der Waals surface area contributed by atoms with Gasteiger partial charge in [-0.25, -0.2) is 0 Å². The summed E-state index contributed by atoms with van der Waals surface area (Å²) in [5.74, 6) is 1.61. The molecule has 0 bridgehead atoms. The fourth-order valence-corrected chi connectivity index (χ4v) is 4.11. The molecular formula is C24H31NO3. The zero-order valence-corrected chi connectivity index (χ0v) is 17.6. The number of benzene rings is 2. The molecule has 1 N–H and O–H groups in total. The number of carbonyl (C=O) groups is 1. The van der Waals surface area contributed by atoms with Crippen LogP contribution in [0.15, 0.2) is 36.4 Å². The first kappa shape index (κ1) is 20.2. The molecule has 1 aliphatic heterocycles. The Bertz CT molecular complexity index is 874. The summed E-state index contributed by atoms with van der Waals surface area (Å²) in [6.07, 6.45) is 2.52. The van der Waals surface area contributed by atoms with E-state index in [4.69, 9.17) is 4.74 Å². The van der Waals surface area contributed by atoms with Gasteiger partial charge < -0.3 is 14.7 Å². The van der Waals surface area contributed by atoms with Gasteiger partial charge in [0.15, 0.2) is 0 Å². The maximum absolute atomic E-state index is 13.6. The smallest absolute Gasteiger partial charge is 0.237 e. The van der Waals surface area contributed by atoms with Crippen molar-refractivity contribution in [2.24, 2.45) is 5.92 Å². The van der Waals surface area contributed by atoms with Crippen molar-refractivity contribution in [3.05, 3.63) is 53.1 Å². The summed E-state index contributed by atoms with van der Waals surface area (Å²) in [6.45, 7) is 9.19. The minimum Gasteiger partial charge on any atom is -0.508 e. The van der Waals surface area contributed by atoms with Crippen molar-refractivity contribution >= 4 is 11.6 Å². The van der Waals surface area contributed by atoms with E-state index < -0.39 is 5.41 Å². The minimum absolute atomic E-state index is 0.110. The van der Waals surface area contributed by atoms with Gasteiger partial charge in [-0.05, 0) is 74.4 Å². The summed E-state index contributed by atoms with van der Waals surface area (Å²) in [6, 6.07) is 11.4. The van der Waals surface area contributed by atoms with Gasteiger partial charge in [0.25, 0.3) is 0 Å². The lowest BCUT2D eigenvalue weighted by atomic mass is 9.77. The van der Waals surface area contributed by atoms with Crippen LogP contribution in [-0.4, -0.2) is 24.7 Å². The average Bonchev–Trinajstić information content (AvgIpc) is 2.85. The van der Waals surface area contributed by atoms with Crippen LogP contribution in [0.4, 0.5) is 5.69 Å². The van der Waals surface area contributed by atoms with Crippen molar-refractivity contribution in [2.75, 3.05) is 18.6 Å². The number of nitrogens with zero attached hydrogens (tertiary/aromatic N) is 1. The minimum atomic E-state index is -0.705. The molecule has 4 nitrogen and oxygen atoms in total. The molecular weight excluding hydrogens is 350 g/mol. The van der Waals surface area contributed by atoms with E-state index in [2.05, 4.69) is 39.0 Å². The van der Waals surface area contributed by atoms with E-state index in [-0.39, 0.29) is 11.7 Å². The molecule has 0 saturated heterocycles. The van der Waals surface area contributed by atoms with Crippen molar-refractivity contribution < 1.29 is 14.6 Å². The van der Waals surface area contributed by atoms with E-state index in [9.17, 15) is 9.90 Å². The Hall–Kier alpha value is -2.49. The number of rotatable bonds is 7. The fourth-order valence-electron chi connectivity index (χ4n) is 4.11. The lowest BCUT2D eigenvalue weighted by Gasteiger charge is -2.25. The Morgan fingerprint density at radius 2 is 1.93 bits per heavy atom. The molecule has 1 heterocycles. The van der Waals surface area contributed by atoms with Crippen LogP contribution < -0.4 is 9.64 Å². The van der Waals surface area contributed by atoms with Gasteiger partial charge in [-0.1, -0.05) is 31.5 Å². The molecule has 1 aliphatic rings. The largest absolute Gasteiger partial charge is 0.508 e. The topological polar surface area (TPSA) is 49.8 Å². The number of aryl methyl sites for hydroxylation is 1. The normalized spacial score (nSPS) is 18.6. The molecule has 0 radical (unpaired) electrons. The van der Waals surface area contributed by atoms with Crippen LogP contribution in [0.2, 0.25) is 0 Å². The van der Waals surface area contributed by atoms with Gasteiger partial charge in [-0.3, -0.25) is 4.79 Å². The summed E-state index contributed by atoms with van der Waals surface area (Å²) in [7, 11) is 1.60. The van der Waals surface area contributed by atoms with E-state index in [1.807, 2.05) is 17.9 Å². The zero-order valence-electron chi connectivity index (χ0n) is 17.6. The summed E-state index contributed by atoms with van der Waals surface area (Å²) >= 11 is 0. The highest BCUT2D eigenvalue weighted by atomic mass is 16.5. The van der Waals surface area contributed by atoms with Crippen LogP contribution in [0.5, 0.6) is 11.5 Å². The van der Waals surface area contributed by atoms with Crippen LogP contribution in [0.3, 0.4) is 0 Å². The number of hydrogen-bond acceptors (Lipinski definition) is 3. The third kappa shape index (κ3) is 3.73. The van der Waals surface area contributed by atoms with Crippen LogP contribution in [0, 0.1) is 12.8 Å². The number of phenolic OH excluding ortho intramolecular Hbond substituents is 1. The first-order chi connectivity index (χ1) is 13.3. The number of methoxy groups -OCH3 is 1. The van der Waals surface area contributed by atoms with Crippen LogP contribution in [-0.2, 0) is 16.6 Å². The van der Waals surface area contributed by atoms with E-state index in [0.717, 1.165) is 41.8 Å². The molecule has 1 atom stereocenters. The molecule has 2 aromatic carbocycles. The Morgan fingerprint density at radius 1 is 1.18 bits per heavy atom. The molecule has 0 aromatic heterocycles. The summed E-state index contributed by atoms with van der Waals surface area (Å²) in [5.41, 5.74) is 3.21. The fraction of sp³-hybridized carbons (Fsp3) is 0.458. The van der Waals surface area contributed by atoms with Crippen molar-refractivity contribution in [1.29, 1.82) is 0 Å². The van der Waals surface area contributed by atoms with Crippen LogP contribution in [0.1, 0.15) is 50.3 Å². The maximum Gasteiger partial charge on any atom is 0.237 e. The number of aromatic hydroxyl groups is 1. The molecule has 0 aliphatic carbocycles. The van der Waals surface area contributed by atoms with Crippen LogP contribution in [0.25, 0.3) is 0 Å². The lowest BCUT2D eigenvalue weighted by Crippen LogP contribution is -2.40. The molecule has 3 rings (SSSR count). The summed E-state index contributed by atoms with van der Waals surface area (Å²) in [5, 5.41) is 10.4. The molecule has 0 saturated carbocycles. The Kier molecular flexibility index (Phi) is 5.69. The van der Waals surface area contributed by atoms with Crippen LogP contribution >= 0.6 is 0 Å². The third-order valence-electron chi connectivity index (χ3n) is 5.75. The van der Waals surface area contributed by atoms with Gasteiger partial charge in [0.1, 0.15) is 11.5 Å². The van der Waals surface area contributed by atoms with Crippen molar-refractivity contribution in [3.63, 3.8) is 0 Å². The second-order valence-corrected chi connectivity index (χ2v) is 8.52. The van der Waals surface area contributed by atoms with E-state index in [0.29, 0.717) is 18.1 Å². The Balaban J connectivity index is 1.98. The second-order valence-electron chi connectivity index (χ2n) is 8.52. The number of phenols is 1. The quantitative estimate of drug-likeness (QED) is 0.735. The Morgan fingerprint density at radius 3 is 2.61 bits per heavy atom. The molecule has 0 fully saturated rings. The van der Waals surface area contributed by atoms with Gasteiger partial charge in [0.05, 0.1) is 12.5 Å². The highest BCUT2D eigenvalue weighted by molar-refractivity contribution is 6.08. The lowest BCUT2D eigenvalue weighted by molar-refractivity contribution is -0.122. The van der Waals surface area contributed by atoms with Gasteiger partial charge in [0.2, 0.25) is 5.91 Å². The average molecular weight is 382 g/mol. The van der Waals surface area contributed by atoms with E-state index >= 15 is 0 Å². The number of carbonyl (C=O) groups excluding carboxylic acids is 1. The first-order valence-electron chi connectivity index (χ1n) is 10.0. The summed E-state index contributed by atoms with van der Waals surface area (Å²) < 4.78 is 5.31. The van der Waals surface area contributed by atoms with Crippen molar-refractivity contribution in [3.8, 4) is 11.5 Å². The highest BCUT2D eigenvalue weighted by Crippen LogP contribution is 2.45. The standard InChI is InChI=1S/C24H31NO3/c1-16(2)7-6-12-25-21-10-8-17(3)13-20(21)24(4,23(25)27)15-18-14-19(28-5)9-11-22(18)26/h8-11,13-14,16,26H,6-7,12,15H2,1-5H3. The van der Waals surface area contributed by atoms with E-state index in [1.165, 1.54) is 0 Å². The Labute approximate surface area is 168 Å². The van der Waals surface area contributed by atoms with E-state index in [1.54, 1.807) is 19.2 Å². The molecule has 0 spiro atoms. The first-order valence-corrected chi connectivity index (χ1v) is 10.0. The third-order valence-corrected chi connectivity index (χ3v) is 5.75. The SMILES string of the molecule is COc1ccc(O)c(CC2(C)C(=O)N(CCCC(C)C)c3ccc(C)cc32)c1. The molecule has 4 heteroatoms. The second kappa shape index (κ2) is 7.86. The maximum atomic E-state index is 13.6. The highest BCUT2D eigenvalue weighted by Gasteiger charge is 2.47. The molecule has 150 valence electrons. The number of ether oxygens (including phenoxy) is 1. The predicted molar refractivity (Wildman–Crippen MR) is 113 cm³/mol. The molecule has 1 amide bonds. The number of hydrogen-bond donors (Lipinski definition) is 1. The number of anilines is 1. The predicted octanol–water partition coefficient (Wildman–Crippen LogP) is 4.99. The molecule has 1 unspecified atom stereocenters. The zero-order chi connectivity index (χ0) is 20.5. The number of fused-ring (bicyclic) bond motifs is 1. The van der Waals surface area contributed by atoms with Gasteiger partial charge >= 0.3 is 0 Å². The van der Waals surface area contributed by atoms with Gasteiger partial charge in [0, 0.05) is 12.2 Å². The molecule has 2 aromatic rings. The van der Waals surface area contributed by atoms with Crippen molar-refractivity contribution in [2.45, 2.75) is 52.4 Å². The summed E-state index contributed by atoms with van der Waals surface area (Å²) in [4.78, 5) is 15.5. The monoisotopic (exact) mass is 381 g/mol. The molecule has 28 heavy (non-hydrogen) atoms. The van der Waals surface area contributed by atoms with Crippen molar-refractivity contribution in [1.82, 2.24) is 0 Å².